The van der Waals surface area contributed by atoms with Crippen molar-refractivity contribution >= 4 is 33.4 Å². The van der Waals surface area contributed by atoms with E-state index in [0.29, 0.717) is 0 Å². The zero-order chi connectivity index (χ0) is 18.7. The molecule has 3 rings (SSSR count). The van der Waals surface area contributed by atoms with Crippen molar-refractivity contribution in [2.24, 2.45) is 0 Å². The fourth-order valence-corrected chi connectivity index (χ4v) is 3.53. The highest BCUT2D eigenvalue weighted by atomic mass is 32.1. The van der Waals surface area contributed by atoms with E-state index in [1.165, 1.54) is 34.4 Å². The van der Waals surface area contributed by atoms with Gasteiger partial charge in [-0.2, -0.15) is 0 Å². The molecule has 0 aliphatic heterocycles. The third-order valence-corrected chi connectivity index (χ3v) is 5.37. The molecule has 0 saturated heterocycles. The summed E-state index contributed by atoms with van der Waals surface area (Å²) in [5.74, 6) is -1.51. The molecule has 0 fully saturated rings. The summed E-state index contributed by atoms with van der Waals surface area (Å²) in [5.41, 5.74) is 0.815. The van der Waals surface area contributed by atoms with E-state index in [1.807, 2.05) is 31.2 Å². The standard InChI is InChI=1S/C19H18FN3O2S/c1-12(19-22-15-9-5-6-10-16(15)26-19)23(2)17(24)11-21-18(25)13-7-3-4-8-14(13)20/h3-10,12H,11H2,1-2H3,(H,21,25)/t12-/m0/s1. The van der Waals surface area contributed by atoms with Crippen LogP contribution in [0.25, 0.3) is 10.2 Å². The van der Waals surface area contributed by atoms with Crippen LogP contribution in [0.15, 0.2) is 48.5 Å². The Morgan fingerprint density at radius 1 is 1.19 bits per heavy atom. The number of carbonyl (C=O) groups is 2. The molecule has 1 N–H and O–H groups in total. The molecule has 134 valence electrons. The molecule has 5 nitrogen and oxygen atoms in total. The summed E-state index contributed by atoms with van der Waals surface area (Å²) in [6.07, 6.45) is 0. The van der Waals surface area contributed by atoms with Gasteiger partial charge in [0, 0.05) is 7.05 Å². The molecule has 1 aromatic heterocycles. The lowest BCUT2D eigenvalue weighted by atomic mass is 10.2. The van der Waals surface area contributed by atoms with Gasteiger partial charge in [0.1, 0.15) is 10.8 Å². The maximum Gasteiger partial charge on any atom is 0.254 e. The molecule has 0 saturated carbocycles. The number of benzene rings is 2. The van der Waals surface area contributed by atoms with Crippen molar-refractivity contribution in [3.63, 3.8) is 0 Å². The second-order valence-electron chi connectivity index (χ2n) is 5.86. The average Bonchev–Trinajstić information content (AvgIpc) is 3.09. The number of hydrogen-bond acceptors (Lipinski definition) is 4. The van der Waals surface area contributed by atoms with Crippen LogP contribution in [-0.2, 0) is 4.79 Å². The van der Waals surface area contributed by atoms with Crippen molar-refractivity contribution in [2.75, 3.05) is 13.6 Å². The SMILES string of the molecule is C[C@@H](c1nc2ccccc2s1)N(C)C(=O)CNC(=O)c1ccccc1F. The van der Waals surface area contributed by atoms with Crippen molar-refractivity contribution in [3.8, 4) is 0 Å². The van der Waals surface area contributed by atoms with Gasteiger partial charge in [0.2, 0.25) is 5.91 Å². The summed E-state index contributed by atoms with van der Waals surface area (Å²) in [6.45, 7) is 1.67. The number of nitrogens with zero attached hydrogens (tertiary/aromatic N) is 2. The molecule has 7 heteroatoms. The Balaban J connectivity index is 1.63. The van der Waals surface area contributed by atoms with Crippen LogP contribution in [0.2, 0.25) is 0 Å². The number of fused-ring (bicyclic) bond motifs is 1. The first-order chi connectivity index (χ1) is 12.5. The van der Waals surface area contributed by atoms with E-state index in [0.717, 1.165) is 15.2 Å². The molecule has 3 aromatic rings. The van der Waals surface area contributed by atoms with Crippen LogP contribution in [0.4, 0.5) is 4.39 Å². The Kier molecular flexibility index (Phi) is 5.27. The van der Waals surface area contributed by atoms with Crippen LogP contribution >= 0.6 is 11.3 Å². The van der Waals surface area contributed by atoms with Crippen LogP contribution in [0.1, 0.15) is 28.3 Å². The second-order valence-corrected chi connectivity index (χ2v) is 6.93. The molecule has 0 radical (unpaired) electrons. The van der Waals surface area contributed by atoms with Crippen molar-refractivity contribution in [3.05, 3.63) is 64.9 Å². The number of rotatable bonds is 5. The molecule has 0 bridgehead atoms. The van der Waals surface area contributed by atoms with E-state index in [1.54, 1.807) is 13.1 Å². The summed E-state index contributed by atoms with van der Waals surface area (Å²) < 4.78 is 14.7. The Morgan fingerprint density at radius 2 is 1.88 bits per heavy atom. The molecule has 1 heterocycles. The smallest absolute Gasteiger partial charge is 0.254 e. The number of halogens is 1. The van der Waals surface area contributed by atoms with Gasteiger partial charge in [-0.1, -0.05) is 24.3 Å². The number of thiazole rings is 1. The average molecular weight is 371 g/mol. The van der Waals surface area contributed by atoms with Crippen LogP contribution in [0.5, 0.6) is 0 Å². The normalized spacial score (nSPS) is 12.0. The number of carbonyl (C=O) groups excluding carboxylic acids is 2. The first-order valence-electron chi connectivity index (χ1n) is 8.11. The predicted octanol–water partition coefficient (Wildman–Crippen LogP) is 3.38. The quantitative estimate of drug-likeness (QED) is 0.748. The summed E-state index contributed by atoms with van der Waals surface area (Å²) in [5, 5.41) is 3.29. The fourth-order valence-electron chi connectivity index (χ4n) is 2.47. The molecule has 26 heavy (non-hydrogen) atoms. The maximum absolute atomic E-state index is 13.6. The minimum Gasteiger partial charge on any atom is -0.343 e. The van der Waals surface area contributed by atoms with Gasteiger partial charge in [0.15, 0.2) is 0 Å². The van der Waals surface area contributed by atoms with Gasteiger partial charge >= 0.3 is 0 Å². The number of nitrogens with one attached hydrogen (secondary N) is 1. The van der Waals surface area contributed by atoms with Crippen molar-refractivity contribution in [1.29, 1.82) is 0 Å². The first kappa shape index (κ1) is 18.0. The zero-order valence-corrected chi connectivity index (χ0v) is 15.2. The predicted molar refractivity (Wildman–Crippen MR) is 99.5 cm³/mol. The lowest BCUT2D eigenvalue weighted by molar-refractivity contribution is -0.130. The van der Waals surface area contributed by atoms with E-state index >= 15 is 0 Å². The Morgan fingerprint density at radius 3 is 2.62 bits per heavy atom. The third kappa shape index (κ3) is 3.72. The summed E-state index contributed by atoms with van der Waals surface area (Å²) in [4.78, 5) is 30.5. The van der Waals surface area contributed by atoms with E-state index in [9.17, 15) is 14.0 Å². The van der Waals surface area contributed by atoms with Crippen molar-refractivity contribution in [1.82, 2.24) is 15.2 Å². The highest BCUT2D eigenvalue weighted by molar-refractivity contribution is 7.18. The molecular weight excluding hydrogens is 353 g/mol. The summed E-state index contributed by atoms with van der Waals surface area (Å²) >= 11 is 1.53. The summed E-state index contributed by atoms with van der Waals surface area (Å²) in [6, 6.07) is 13.2. The van der Waals surface area contributed by atoms with Gasteiger partial charge in [-0.25, -0.2) is 9.37 Å². The van der Waals surface area contributed by atoms with Crippen LogP contribution in [-0.4, -0.2) is 35.3 Å². The van der Waals surface area contributed by atoms with E-state index in [-0.39, 0.29) is 24.1 Å². The van der Waals surface area contributed by atoms with Gasteiger partial charge < -0.3 is 10.2 Å². The van der Waals surface area contributed by atoms with Gasteiger partial charge in [0.25, 0.3) is 5.91 Å². The fraction of sp³-hybridized carbons (Fsp3) is 0.211. The van der Waals surface area contributed by atoms with Crippen LogP contribution in [0.3, 0.4) is 0 Å². The minimum absolute atomic E-state index is 0.0813. The zero-order valence-electron chi connectivity index (χ0n) is 14.4. The monoisotopic (exact) mass is 371 g/mol. The lowest BCUT2D eigenvalue weighted by Crippen LogP contribution is -2.39. The van der Waals surface area contributed by atoms with E-state index in [2.05, 4.69) is 10.3 Å². The van der Waals surface area contributed by atoms with Gasteiger partial charge in [0.05, 0.1) is 28.4 Å². The van der Waals surface area contributed by atoms with E-state index in [4.69, 9.17) is 0 Å². The van der Waals surface area contributed by atoms with Gasteiger partial charge in [-0.05, 0) is 31.2 Å². The minimum atomic E-state index is -0.617. The molecule has 2 aromatic carbocycles. The number of para-hydroxylation sites is 1. The molecule has 0 aliphatic carbocycles. The highest BCUT2D eigenvalue weighted by Crippen LogP contribution is 2.28. The number of amides is 2. The van der Waals surface area contributed by atoms with Crippen molar-refractivity contribution in [2.45, 2.75) is 13.0 Å². The molecule has 2 amide bonds. The topological polar surface area (TPSA) is 62.3 Å². The number of hydrogen-bond donors (Lipinski definition) is 1. The summed E-state index contributed by atoms with van der Waals surface area (Å²) in [7, 11) is 1.66. The third-order valence-electron chi connectivity index (χ3n) is 4.16. The van der Waals surface area contributed by atoms with Crippen LogP contribution < -0.4 is 5.32 Å². The molecular formula is C19H18FN3O2S. The molecule has 0 aliphatic rings. The maximum atomic E-state index is 13.6. The Bertz CT molecular complexity index is 924. The Hall–Kier alpha value is -2.80. The molecule has 1 atom stereocenters. The van der Waals surface area contributed by atoms with Gasteiger partial charge in [-0.3, -0.25) is 9.59 Å². The van der Waals surface area contributed by atoms with Gasteiger partial charge in [-0.15, -0.1) is 11.3 Å². The molecule has 0 unspecified atom stereocenters. The number of likely N-dealkylation sites (N-methyl/N-ethyl adjacent to an activating group) is 1. The lowest BCUT2D eigenvalue weighted by Gasteiger charge is -2.23. The van der Waals surface area contributed by atoms with E-state index < -0.39 is 11.7 Å². The van der Waals surface area contributed by atoms with Crippen molar-refractivity contribution < 1.29 is 14.0 Å². The first-order valence-corrected chi connectivity index (χ1v) is 8.93. The largest absolute Gasteiger partial charge is 0.343 e. The Labute approximate surface area is 154 Å². The molecule has 0 spiro atoms. The second kappa shape index (κ2) is 7.61. The highest BCUT2D eigenvalue weighted by Gasteiger charge is 2.21. The number of aromatic nitrogens is 1. The van der Waals surface area contributed by atoms with Crippen LogP contribution in [0, 0.1) is 5.82 Å².